The fraction of sp³-hybridized carbons (Fsp3) is 0.300. The molecule has 8 heteroatoms. The molecule has 0 aliphatic rings. The normalized spacial score (nSPS) is 15.7. The van der Waals surface area contributed by atoms with Crippen molar-refractivity contribution in [2.24, 2.45) is 0 Å². The van der Waals surface area contributed by atoms with Crippen LogP contribution in [0.25, 0.3) is 0 Å². The van der Waals surface area contributed by atoms with Gasteiger partial charge in [-0.2, -0.15) is 0 Å². The number of likely N-dealkylation sites (N-methyl/N-ethyl adjacent to an activating group) is 1. The van der Waals surface area contributed by atoms with Gasteiger partial charge in [0.1, 0.15) is 6.04 Å². The molecule has 0 aliphatic heterocycles. The summed E-state index contributed by atoms with van der Waals surface area (Å²) in [5.41, 5.74) is 0.853. The van der Waals surface area contributed by atoms with Crippen LogP contribution >= 0.6 is 7.82 Å². The van der Waals surface area contributed by atoms with Crippen LogP contribution in [-0.4, -0.2) is 29.2 Å². The molecular weight excluding hydrogens is 261 g/mol. The number of carbonyl (C=O) groups excluding carboxylic acids is 1. The molecule has 1 aromatic carbocycles. The standard InChI is InChI=1S/C10H14NO6P/c1-11-9(7-8-5-3-2-4-6-8)10(12)16-18(14,15)17-13/h2-6,9,11,13H,7H2,1H3,(H,14,15)/t9-/m0/s1. The molecule has 0 fully saturated rings. The number of rotatable bonds is 6. The van der Waals surface area contributed by atoms with Gasteiger partial charge in [0, 0.05) is 0 Å². The Bertz CT molecular complexity index is 437. The van der Waals surface area contributed by atoms with Crippen molar-refractivity contribution in [3.8, 4) is 0 Å². The summed E-state index contributed by atoms with van der Waals surface area (Å²) in [5.74, 6) is -0.985. The molecule has 0 radical (unpaired) electrons. The lowest BCUT2D eigenvalue weighted by molar-refractivity contribution is -0.169. The summed E-state index contributed by atoms with van der Waals surface area (Å²) < 4.78 is 18.2. The van der Waals surface area contributed by atoms with E-state index in [9.17, 15) is 9.36 Å². The van der Waals surface area contributed by atoms with Gasteiger partial charge < -0.3 is 9.84 Å². The Morgan fingerprint density at radius 3 is 2.56 bits per heavy atom. The summed E-state index contributed by atoms with van der Waals surface area (Å²) in [6, 6.07) is 8.24. The predicted molar refractivity (Wildman–Crippen MR) is 62.6 cm³/mol. The first kappa shape index (κ1) is 14.8. The predicted octanol–water partition coefficient (Wildman–Crippen LogP) is 0.950. The van der Waals surface area contributed by atoms with Crippen LogP contribution in [0, 0.1) is 0 Å². The average molecular weight is 275 g/mol. The number of phosphoric ester groups is 1. The van der Waals surface area contributed by atoms with E-state index in [1.807, 2.05) is 6.07 Å². The van der Waals surface area contributed by atoms with Crippen molar-refractivity contribution in [1.82, 2.24) is 5.32 Å². The molecule has 3 N–H and O–H groups in total. The molecule has 0 aliphatic carbocycles. The van der Waals surface area contributed by atoms with Gasteiger partial charge in [-0.15, -0.1) is 4.67 Å². The highest BCUT2D eigenvalue weighted by Crippen LogP contribution is 2.42. The van der Waals surface area contributed by atoms with Gasteiger partial charge in [0.25, 0.3) is 0 Å². The molecule has 2 atom stereocenters. The summed E-state index contributed by atoms with van der Waals surface area (Å²) in [6.45, 7) is 0. The van der Waals surface area contributed by atoms with E-state index in [2.05, 4.69) is 14.5 Å². The van der Waals surface area contributed by atoms with Crippen LogP contribution in [0.2, 0.25) is 0 Å². The number of nitrogens with one attached hydrogen (secondary N) is 1. The van der Waals surface area contributed by atoms with E-state index in [-0.39, 0.29) is 6.42 Å². The maximum atomic E-state index is 11.5. The van der Waals surface area contributed by atoms with Crippen LogP contribution < -0.4 is 5.32 Å². The van der Waals surface area contributed by atoms with E-state index in [4.69, 9.17) is 10.2 Å². The van der Waals surface area contributed by atoms with Crippen LogP contribution in [0.1, 0.15) is 5.56 Å². The van der Waals surface area contributed by atoms with E-state index in [1.165, 1.54) is 7.05 Å². The van der Waals surface area contributed by atoms with Gasteiger partial charge in [-0.1, -0.05) is 30.3 Å². The minimum absolute atomic E-state index is 0.279. The van der Waals surface area contributed by atoms with Gasteiger partial charge in [-0.3, -0.25) is 4.89 Å². The smallest absolute Gasteiger partial charge is 0.368 e. The third-order valence-electron chi connectivity index (χ3n) is 2.22. The Morgan fingerprint density at radius 1 is 1.44 bits per heavy atom. The number of benzene rings is 1. The lowest BCUT2D eigenvalue weighted by atomic mass is 10.1. The molecule has 0 saturated carbocycles. The second-order valence-electron chi connectivity index (χ2n) is 3.49. The maximum Gasteiger partial charge on any atom is 0.557 e. The SMILES string of the molecule is CN[C@@H](Cc1ccccc1)C(=O)OP(=O)(O)OO. The lowest BCUT2D eigenvalue weighted by Gasteiger charge is -2.15. The Kier molecular flexibility index (Phi) is 5.46. The van der Waals surface area contributed by atoms with Gasteiger partial charge >= 0.3 is 13.8 Å². The third kappa shape index (κ3) is 4.56. The first-order valence-electron chi connectivity index (χ1n) is 5.09. The minimum Gasteiger partial charge on any atom is -0.368 e. The van der Waals surface area contributed by atoms with Crippen LogP contribution in [0.3, 0.4) is 0 Å². The van der Waals surface area contributed by atoms with E-state index in [0.717, 1.165) is 5.56 Å². The summed E-state index contributed by atoms with van der Waals surface area (Å²) in [4.78, 5) is 20.4. The van der Waals surface area contributed by atoms with Crippen molar-refractivity contribution in [2.75, 3.05) is 7.05 Å². The second kappa shape index (κ2) is 6.63. The van der Waals surface area contributed by atoms with Crippen LogP contribution in [-0.2, 0) is 25.0 Å². The van der Waals surface area contributed by atoms with E-state index in [1.54, 1.807) is 24.3 Å². The van der Waals surface area contributed by atoms with Gasteiger partial charge in [-0.25, -0.2) is 14.6 Å². The van der Waals surface area contributed by atoms with Crippen molar-refractivity contribution in [3.63, 3.8) is 0 Å². The molecular formula is C10H14NO6P. The van der Waals surface area contributed by atoms with Crippen LogP contribution in [0.15, 0.2) is 30.3 Å². The molecule has 0 heterocycles. The molecule has 1 rings (SSSR count). The highest BCUT2D eigenvalue weighted by molar-refractivity contribution is 7.47. The van der Waals surface area contributed by atoms with Gasteiger partial charge in [0.2, 0.25) is 0 Å². The molecule has 1 aromatic rings. The average Bonchev–Trinajstić information content (AvgIpc) is 2.36. The first-order valence-corrected chi connectivity index (χ1v) is 6.58. The van der Waals surface area contributed by atoms with E-state index >= 15 is 0 Å². The monoisotopic (exact) mass is 275 g/mol. The van der Waals surface area contributed by atoms with Crippen LogP contribution in [0.5, 0.6) is 0 Å². The van der Waals surface area contributed by atoms with Crippen molar-refractivity contribution in [1.29, 1.82) is 0 Å². The van der Waals surface area contributed by atoms with E-state index < -0.39 is 19.8 Å². The maximum absolute atomic E-state index is 11.5. The molecule has 0 saturated heterocycles. The summed E-state index contributed by atoms with van der Waals surface area (Å²) in [7, 11) is -3.22. The fourth-order valence-corrected chi connectivity index (χ4v) is 1.73. The van der Waals surface area contributed by atoms with Crippen molar-refractivity contribution in [2.45, 2.75) is 12.5 Å². The Hall–Kier alpha value is -1.24. The summed E-state index contributed by atoms with van der Waals surface area (Å²) >= 11 is 0. The Morgan fingerprint density at radius 2 is 2.06 bits per heavy atom. The summed E-state index contributed by atoms with van der Waals surface area (Å²) in [6.07, 6.45) is 0.279. The van der Waals surface area contributed by atoms with Gasteiger partial charge in [0.15, 0.2) is 0 Å². The highest BCUT2D eigenvalue weighted by atomic mass is 31.2. The fourth-order valence-electron chi connectivity index (χ4n) is 1.35. The summed E-state index contributed by atoms with van der Waals surface area (Å²) in [5, 5.41) is 10.7. The largest absolute Gasteiger partial charge is 0.557 e. The zero-order valence-electron chi connectivity index (χ0n) is 9.65. The number of hydrogen-bond acceptors (Lipinski definition) is 6. The molecule has 18 heavy (non-hydrogen) atoms. The minimum atomic E-state index is -4.74. The zero-order chi connectivity index (χ0) is 13.6. The van der Waals surface area contributed by atoms with Crippen molar-refractivity contribution in [3.05, 3.63) is 35.9 Å². The molecule has 0 amide bonds. The van der Waals surface area contributed by atoms with E-state index in [0.29, 0.717) is 0 Å². The molecule has 100 valence electrons. The van der Waals surface area contributed by atoms with Crippen molar-refractivity contribution < 1.29 is 28.7 Å². The molecule has 7 nitrogen and oxygen atoms in total. The number of carbonyl (C=O) groups is 1. The Labute approximate surface area is 104 Å². The Balaban J connectivity index is 2.67. The first-order chi connectivity index (χ1) is 8.48. The zero-order valence-corrected chi connectivity index (χ0v) is 10.5. The second-order valence-corrected chi connectivity index (χ2v) is 4.77. The molecule has 0 bridgehead atoms. The number of hydrogen-bond donors (Lipinski definition) is 3. The van der Waals surface area contributed by atoms with Crippen molar-refractivity contribution >= 4 is 13.8 Å². The topological polar surface area (TPSA) is 105 Å². The lowest BCUT2D eigenvalue weighted by Crippen LogP contribution is -2.37. The van der Waals surface area contributed by atoms with Crippen LogP contribution in [0.4, 0.5) is 0 Å². The van der Waals surface area contributed by atoms with Gasteiger partial charge in [0.05, 0.1) is 0 Å². The molecule has 0 aromatic heterocycles. The quantitative estimate of drug-likeness (QED) is 0.403. The molecule has 1 unspecified atom stereocenters. The van der Waals surface area contributed by atoms with Gasteiger partial charge in [-0.05, 0) is 19.0 Å². The third-order valence-corrected chi connectivity index (χ3v) is 2.84. The number of phosphoric acid groups is 1. The molecule has 0 spiro atoms. The highest BCUT2D eigenvalue weighted by Gasteiger charge is 2.30.